The van der Waals surface area contributed by atoms with Gasteiger partial charge in [-0.25, -0.2) is 4.39 Å². The Hall–Kier alpha value is -3.17. The SMILES string of the molecule is C#CCN1CCN(C(=O)CC2c3cc(C)c(C)cc3C(=O)N2c2cccc(F)c2)CC1. The zero-order chi connectivity index (χ0) is 22.1. The van der Waals surface area contributed by atoms with Crippen molar-refractivity contribution in [1.29, 1.82) is 0 Å². The molecule has 5 nitrogen and oxygen atoms in total. The number of fused-ring (bicyclic) bond motifs is 1. The van der Waals surface area contributed by atoms with Crippen LogP contribution in [0.25, 0.3) is 0 Å². The summed E-state index contributed by atoms with van der Waals surface area (Å²) >= 11 is 0. The molecule has 2 amide bonds. The number of terminal acetylenes is 1. The molecule has 2 heterocycles. The van der Waals surface area contributed by atoms with Gasteiger partial charge in [0.25, 0.3) is 5.91 Å². The molecule has 1 saturated heterocycles. The van der Waals surface area contributed by atoms with E-state index in [1.165, 1.54) is 12.1 Å². The second-order valence-corrected chi connectivity index (χ2v) is 8.26. The van der Waals surface area contributed by atoms with Gasteiger partial charge < -0.3 is 9.80 Å². The fraction of sp³-hybridized carbons (Fsp3) is 0.360. The average Bonchev–Trinajstić information content (AvgIpc) is 3.00. The number of benzene rings is 2. The summed E-state index contributed by atoms with van der Waals surface area (Å²) in [5.74, 6) is 2.03. The number of carbonyl (C=O) groups excluding carboxylic acids is 2. The van der Waals surface area contributed by atoms with Crippen molar-refractivity contribution in [3.63, 3.8) is 0 Å². The average molecular weight is 420 g/mol. The minimum Gasteiger partial charge on any atom is -0.340 e. The van der Waals surface area contributed by atoms with E-state index in [-0.39, 0.29) is 18.2 Å². The van der Waals surface area contributed by atoms with Crippen LogP contribution >= 0.6 is 0 Å². The first-order valence-corrected chi connectivity index (χ1v) is 10.5. The minimum absolute atomic E-state index is 0.00867. The highest BCUT2D eigenvalue weighted by molar-refractivity contribution is 6.11. The maximum atomic E-state index is 14.0. The highest BCUT2D eigenvalue weighted by Gasteiger charge is 2.40. The van der Waals surface area contributed by atoms with Gasteiger partial charge >= 0.3 is 0 Å². The lowest BCUT2D eigenvalue weighted by atomic mass is 9.96. The second kappa shape index (κ2) is 8.52. The van der Waals surface area contributed by atoms with Crippen LogP contribution in [-0.4, -0.2) is 54.3 Å². The van der Waals surface area contributed by atoms with Crippen LogP contribution in [0.4, 0.5) is 10.1 Å². The number of anilines is 1. The van der Waals surface area contributed by atoms with E-state index < -0.39 is 11.9 Å². The molecule has 4 rings (SSSR count). The van der Waals surface area contributed by atoms with Gasteiger partial charge in [-0.05, 0) is 54.8 Å². The standard InChI is InChI=1S/C25H26FN3O2/c1-4-8-27-9-11-28(12-10-27)24(30)16-23-21-13-17(2)18(3)14-22(21)25(31)29(23)20-7-5-6-19(26)15-20/h1,5-7,13-15,23H,8-12,16H2,2-3H3. The van der Waals surface area contributed by atoms with Crippen molar-refractivity contribution in [2.45, 2.75) is 26.3 Å². The molecule has 160 valence electrons. The Morgan fingerprint density at radius 2 is 1.84 bits per heavy atom. The fourth-order valence-corrected chi connectivity index (χ4v) is 4.41. The van der Waals surface area contributed by atoms with E-state index >= 15 is 0 Å². The maximum absolute atomic E-state index is 14.0. The van der Waals surface area contributed by atoms with Crippen LogP contribution in [0.3, 0.4) is 0 Å². The van der Waals surface area contributed by atoms with Crippen molar-refractivity contribution in [2.24, 2.45) is 0 Å². The van der Waals surface area contributed by atoms with Crippen molar-refractivity contribution in [2.75, 3.05) is 37.6 Å². The van der Waals surface area contributed by atoms with Gasteiger partial charge in [0, 0.05) is 37.4 Å². The van der Waals surface area contributed by atoms with Crippen LogP contribution in [0.5, 0.6) is 0 Å². The summed E-state index contributed by atoms with van der Waals surface area (Å²) in [7, 11) is 0. The number of piperazine rings is 1. The van der Waals surface area contributed by atoms with Crippen LogP contribution in [0.2, 0.25) is 0 Å². The molecule has 31 heavy (non-hydrogen) atoms. The molecule has 2 aliphatic heterocycles. The predicted octanol–water partition coefficient (Wildman–Crippen LogP) is 3.31. The Balaban J connectivity index is 1.63. The van der Waals surface area contributed by atoms with E-state index in [0.717, 1.165) is 29.8 Å². The van der Waals surface area contributed by atoms with Crippen molar-refractivity contribution in [1.82, 2.24) is 9.80 Å². The molecule has 2 aliphatic rings. The highest BCUT2D eigenvalue weighted by Crippen LogP contribution is 2.41. The predicted molar refractivity (Wildman–Crippen MR) is 118 cm³/mol. The van der Waals surface area contributed by atoms with Gasteiger partial charge in [-0.15, -0.1) is 6.42 Å². The quantitative estimate of drug-likeness (QED) is 0.715. The molecule has 0 bridgehead atoms. The van der Waals surface area contributed by atoms with Gasteiger partial charge in [-0.1, -0.05) is 18.1 Å². The van der Waals surface area contributed by atoms with Crippen LogP contribution in [0.15, 0.2) is 36.4 Å². The van der Waals surface area contributed by atoms with Crippen molar-refractivity contribution >= 4 is 17.5 Å². The van der Waals surface area contributed by atoms with Crippen LogP contribution in [0, 0.1) is 32.0 Å². The summed E-state index contributed by atoms with van der Waals surface area (Å²) in [6.45, 7) is 7.24. The Morgan fingerprint density at radius 1 is 1.13 bits per heavy atom. The molecule has 2 aromatic carbocycles. The van der Waals surface area contributed by atoms with Gasteiger partial charge in [0.2, 0.25) is 5.91 Å². The van der Waals surface area contributed by atoms with E-state index in [4.69, 9.17) is 6.42 Å². The Labute approximate surface area is 182 Å². The lowest BCUT2D eigenvalue weighted by Gasteiger charge is -2.35. The third-order valence-electron chi connectivity index (χ3n) is 6.28. The molecule has 0 aliphatic carbocycles. The first kappa shape index (κ1) is 21.1. The molecule has 1 fully saturated rings. The van der Waals surface area contributed by atoms with E-state index in [2.05, 4.69) is 10.8 Å². The number of aryl methyl sites for hydroxylation is 2. The monoisotopic (exact) mass is 419 g/mol. The zero-order valence-electron chi connectivity index (χ0n) is 17.9. The number of amides is 2. The zero-order valence-corrected chi connectivity index (χ0v) is 17.9. The summed E-state index contributed by atoms with van der Waals surface area (Å²) in [5.41, 5.74) is 3.96. The van der Waals surface area contributed by atoms with Crippen LogP contribution in [0.1, 0.15) is 39.5 Å². The molecular weight excluding hydrogens is 393 g/mol. The van der Waals surface area contributed by atoms with Crippen LogP contribution in [-0.2, 0) is 4.79 Å². The van der Waals surface area contributed by atoms with Gasteiger partial charge in [-0.2, -0.15) is 0 Å². The third-order valence-corrected chi connectivity index (χ3v) is 6.28. The van der Waals surface area contributed by atoms with Gasteiger partial charge in [0.1, 0.15) is 5.82 Å². The molecule has 0 aromatic heterocycles. The van der Waals surface area contributed by atoms with Crippen molar-refractivity contribution in [3.05, 3.63) is 64.5 Å². The Bertz CT molecular complexity index is 1070. The maximum Gasteiger partial charge on any atom is 0.259 e. The van der Waals surface area contributed by atoms with E-state index in [1.807, 2.05) is 30.9 Å². The number of hydrogen-bond donors (Lipinski definition) is 0. The smallest absolute Gasteiger partial charge is 0.259 e. The Kier molecular flexibility index (Phi) is 5.79. The summed E-state index contributed by atoms with van der Waals surface area (Å²) in [5, 5.41) is 0. The molecule has 2 aromatic rings. The first-order chi connectivity index (χ1) is 14.9. The normalized spacial score (nSPS) is 18.8. The van der Waals surface area contributed by atoms with Gasteiger partial charge in [0.15, 0.2) is 0 Å². The number of hydrogen-bond acceptors (Lipinski definition) is 3. The van der Waals surface area contributed by atoms with Crippen molar-refractivity contribution in [3.8, 4) is 12.3 Å². The molecule has 1 unspecified atom stereocenters. The summed E-state index contributed by atoms with van der Waals surface area (Å²) in [6, 6.07) is 9.40. The summed E-state index contributed by atoms with van der Waals surface area (Å²) in [4.78, 5) is 32.0. The molecule has 0 saturated carbocycles. The molecule has 1 atom stereocenters. The van der Waals surface area contributed by atoms with Crippen molar-refractivity contribution < 1.29 is 14.0 Å². The van der Waals surface area contributed by atoms with Gasteiger partial charge in [-0.3, -0.25) is 14.5 Å². The second-order valence-electron chi connectivity index (χ2n) is 8.26. The molecule has 0 radical (unpaired) electrons. The third kappa shape index (κ3) is 4.06. The molecular formula is C25H26FN3O2. The number of halogens is 1. The number of nitrogens with zero attached hydrogens (tertiary/aromatic N) is 3. The van der Waals surface area contributed by atoms with E-state index in [0.29, 0.717) is 30.9 Å². The molecule has 0 N–H and O–H groups in total. The van der Waals surface area contributed by atoms with Crippen LogP contribution < -0.4 is 4.90 Å². The lowest BCUT2D eigenvalue weighted by molar-refractivity contribution is -0.133. The summed E-state index contributed by atoms with van der Waals surface area (Å²) in [6.07, 6.45) is 5.55. The minimum atomic E-state index is -0.458. The topological polar surface area (TPSA) is 43.9 Å². The van der Waals surface area contributed by atoms with E-state index in [9.17, 15) is 14.0 Å². The molecule has 6 heteroatoms. The first-order valence-electron chi connectivity index (χ1n) is 10.5. The number of carbonyl (C=O) groups is 2. The Morgan fingerprint density at radius 3 is 2.52 bits per heavy atom. The highest BCUT2D eigenvalue weighted by atomic mass is 19.1. The lowest BCUT2D eigenvalue weighted by Crippen LogP contribution is -2.49. The summed E-state index contributed by atoms with van der Waals surface area (Å²) < 4.78 is 14.0. The largest absolute Gasteiger partial charge is 0.340 e. The molecule has 0 spiro atoms. The number of rotatable bonds is 4. The van der Waals surface area contributed by atoms with Gasteiger partial charge in [0.05, 0.1) is 19.0 Å². The van der Waals surface area contributed by atoms with E-state index in [1.54, 1.807) is 17.0 Å². The fourth-order valence-electron chi connectivity index (χ4n) is 4.41.